The quantitative estimate of drug-likeness (QED) is 0.874. The molecule has 3 unspecified atom stereocenters. The fourth-order valence-electron chi connectivity index (χ4n) is 3.03. The highest BCUT2D eigenvalue weighted by atomic mass is 16.4. The number of hydrogen-bond acceptors (Lipinski definition) is 2. The molecule has 2 N–H and O–H groups in total. The summed E-state index contributed by atoms with van der Waals surface area (Å²) in [7, 11) is 0. The third-order valence-electron chi connectivity index (χ3n) is 4.17. The summed E-state index contributed by atoms with van der Waals surface area (Å²) in [5, 5.41) is 12.6. The monoisotopic (exact) mass is 261 g/mol. The van der Waals surface area contributed by atoms with Crippen LogP contribution in [0.5, 0.6) is 0 Å². The summed E-state index contributed by atoms with van der Waals surface area (Å²) in [5.41, 5.74) is 1.41. The normalized spacial score (nSPS) is 27.2. The summed E-state index contributed by atoms with van der Waals surface area (Å²) in [6, 6.07) is 7.75. The van der Waals surface area contributed by atoms with E-state index in [1.165, 1.54) is 19.3 Å². The van der Waals surface area contributed by atoms with Crippen molar-refractivity contribution in [3.8, 4) is 0 Å². The zero-order valence-electron chi connectivity index (χ0n) is 11.7. The predicted octanol–water partition coefficient (Wildman–Crippen LogP) is 3.30. The largest absolute Gasteiger partial charge is 0.478 e. The number of carboxylic acids is 1. The Labute approximate surface area is 115 Å². The lowest BCUT2D eigenvalue weighted by molar-refractivity contribution is 0.0696. The van der Waals surface area contributed by atoms with Gasteiger partial charge in [-0.05, 0) is 48.8 Å². The second-order valence-corrected chi connectivity index (χ2v) is 5.89. The van der Waals surface area contributed by atoms with Crippen molar-refractivity contribution < 1.29 is 9.90 Å². The van der Waals surface area contributed by atoms with E-state index >= 15 is 0 Å². The van der Waals surface area contributed by atoms with Crippen LogP contribution in [0.15, 0.2) is 24.3 Å². The van der Waals surface area contributed by atoms with Crippen molar-refractivity contribution in [2.24, 2.45) is 11.8 Å². The standard InChI is InChI=1S/C16H23NO2/c1-11-6-7-15(12(2)8-11)17-10-13-4-3-5-14(9-13)16(18)19/h3-5,9,11-12,15,17H,6-8,10H2,1-2H3,(H,18,19). The van der Waals surface area contributed by atoms with E-state index < -0.39 is 5.97 Å². The predicted molar refractivity (Wildman–Crippen MR) is 76.2 cm³/mol. The lowest BCUT2D eigenvalue weighted by Gasteiger charge is -2.33. The summed E-state index contributed by atoms with van der Waals surface area (Å²) in [6.45, 7) is 5.38. The summed E-state index contributed by atoms with van der Waals surface area (Å²) < 4.78 is 0. The molecule has 0 bridgehead atoms. The van der Waals surface area contributed by atoms with Crippen LogP contribution in [0.3, 0.4) is 0 Å². The zero-order chi connectivity index (χ0) is 13.8. The second-order valence-electron chi connectivity index (χ2n) is 5.89. The molecule has 3 nitrogen and oxygen atoms in total. The van der Waals surface area contributed by atoms with Gasteiger partial charge in [0.15, 0.2) is 0 Å². The van der Waals surface area contributed by atoms with Gasteiger partial charge >= 0.3 is 5.97 Å². The van der Waals surface area contributed by atoms with Crippen LogP contribution in [0.4, 0.5) is 0 Å². The topological polar surface area (TPSA) is 49.3 Å². The fraction of sp³-hybridized carbons (Fsp3) is 0.562. The highest BCUT2D eigenvalue weighted by Gasteiger charge is 2.24. The highest BCUT2D eigenvalue weighted by Crippen LogP contribution is 2.28. The molecule has 3 atom stereocenters. The minimum Gasteiger partial charge on any atom is -0.478 e. The molecular weight excluding hydrogens is 238 g/mol. The highest BCUT2D eigenvalue weighted by molar-refractivity contribution is 5.87. The number of benzene rings is 1. The molecule has 1 aliphatic carbocycles. The molecule has 3 heteroatoms. The lowest BCUT2D eigenvalue weighted by atomic mass is 9.80. The van der Waals surface area contributed by atoms with Crippen LogP contribution >= 0.6 is 0 Å². The lowest BCUT2D eigenvalue weighted by Crippen LogP contribution is -2.38. The molecule has 0 amide bonds. The second kappa shape index (κ2) is 6.20. The number of rotatable bonds is 4. The number of carbonyl (C=O) groups is 1. The van der Waals surface area contributed by atoms with Crippen LogP contribution in [-0.4, -0.2) is 17.1 Å². The van der Waals surface area contributed by atoms with Crippen molar-refractivity contribution in [1.29, 1.82) is 0 Å². The third-order valence-corrected chi connectivity index (χ3v) is 4.17. The van der Waals surface area contributed by atoms with Gasteiger partial charge in [-0.3, -0.25) is 0 Å². The molecule has 0 heterocycles. The molecule has 1 aromatic carbocycles. The van der Waals surface area contributed by atoms with E-state index in [1.54, 1.807) is 12.1 Å². The SMILES string of the molecule is CC1CCC(NCc2cccc(C(=O)O)c2)C(C)C1. The molecule has 2 rings (SSSR count). The van der Waals surface area contributed by atoms with Gasteiger partial charge in [-0.15, -0.1) is 0 Å². The van der Waals surface area contributed by atoms with Crippen LogP contribution in [-0.2, 0) is 6.54 Å². The molecule has 1 fully saturated rings. The smallest absolute Gasteiger partial charge is 0.335 e. The summed E-state index contributed by atoms with van der Waals surface area (Å²) in [4.78, 5) is 10.9. The van der Waals surface area contributed by atoms with Crippen molar-refractivity contribution in [3.63, 3.8) is 0 Å². The first-order chi connectivity index (χ1) is 9.06. The van der Waals surface area contributed by atoms with E-state index in [1.807, 2.05) is 12.1 Å². The van der Waals surface area contributed by atoms with Gasteiger partial charge in [-0.1, -0.05) is 26.0 Å². The van der Waals surface area contributed by atoms with Gasteiger partial charge in [0.25, 0.3) is 0 Å². The summed E-state index contributed by atoms with van der Waals surface area (Å²) >= 11 is 0. The van der Waals surface area contributed by atoms with E-state index in [-0.39, 0.29) is 0 Å². The average Bonchev–Trinajstić information content (AvgIpc) is 2.38. The van der Waals surface area contributed by atoms with Crippen LogP contribution in [0.2, 0.25) is 0 Å². The third kappa shape index (κ3) is 3.80. The van der Waals surface area contributed by atoms with Gasteiger partial charge < -0.3 is 10.4 Å². The molecule has 0 aliphatic heterocycles. The fourth-order valence-corrected chi connectivity index (χ4v) is 3.03. The van der Waals surface area contributed by atoms with E-state index in [0.717, 1.165) is 18.0 Å². The van der Waals surface area contributed by atoms with Crippen LogP contribution < -0.4 is 5.32 Å². The Hall–Kier alpha value is -1.35. The van der Waals surface area contributed by atoms with Gasteiger partial charge in [0.05, 0.1) is 5.56 Å². The van der Waals surface area contributed by atoms with Crippen LogP contribution in [0.25, 0.3) is 0 Å². The van der Waals surface area contributed by atoms with Crippen LogP contribution in [0.1, 0.15) is 49.0 Å². The van der Waals surface area contributed by atoms with E-state index in [0.29, 0.717) is 17.5 Å². The molecule has 0 spiro atoms. The Morgan fingerprint density at radius 1 is 1.37 bits per heavy atom. The maximum Gasteiger partial charge on any atom is 0.335 e. The Morgan fingerprint density at radius 3 is 2.84 bits per heavy atom. The van der Waals surface area contributed by atoms with E-state index in [2.05, 4.69) is 19.2 Å². The van der Waals surface area contributed by atoms with Gasteiger partial charge in [-0.25, -0.2) is 4.79 Å². The van der Waals surface area contributed by atoms with Crippen molar-refractivity contribution >= 4 is 5.97 Å². The van der Waals surface area contributed by atoms with Gasteiger partial charge in [0.2, 0.25) is 0 Å². The first kappa shape index (κ1) is 14.1. The number of hydrogen-bond donors (Lipinski definition) is 2. The molecule has 104 valence electrons. The Bertz CT molecular complexity index is 444. The molecule has 1 saturated carbocycles. The molecular formula is C16H23NO2. The zero-order valence-corrected chi connectivity index (χ0v) is 11.7. The van der Waals surface area contributed by atoms with E-state index in [4.69, 9.17) is 5.11 Å². The molecule has 0 radical (unpaired) electrons. The summed E-state index contributed by atoms with van der Waals surface area (Å²) in [5.74, 6) is 0.677. The number of aromatic carboxylic acids is 1. The number of nitrogens with one attached hydrogen (secondary N) is 1. The first-order valence-corrected chi connectivity index (χ1v) is 7.12. The molecule has 1 aliphatic rings. The van der Waals surface area contributed by atoms with Crippen LogP contribution in [0, 0.1) is 11.8 Å². The minimum atomic E-state index is -0.860. The maximum absolute atomic E-state index is 10.9. The Balaban J connectivity index is 1.91. The molecule has 0 aromatic heterocycles. The molecule has 0 saturated heterocycles. The van der Waals surface area contributed by atoms with E-state index in [9.17, 15) is 4.79 Å². The average molecular weight is 261 g/mol. The Morgan fingerprint density at radius 2 is 2.16 bits per heavy atom. The van der Waals surface area contributed by atoms with Gasteiger partial charge in [0.1, 0.15) is 0 Å². The molecule has 1 aromatic rings. The van der Waals surface area contributed by atoms with Crippen molar-refractivity contribution in [2.45, 2.75) is 45.7 Å². The number of carboxylic acid groups (broad SMARTS) is 1. The summed E-state index contributed by atoms with van der Waals surface area (Å²) in [6.07, 6.45) is 3.80. The van der Waals surface area contributed by atoms with Crippen molar-refractivity contribution in [3.05, 3.63) is 35.4 Å². The maximum atomic E-state index is 10.9. The van der Waals surface area contributed by atoms with Gasteiger partial charge in [0, 0.05) is 12.6 Å². The molecule has 19 heavy (non-hydrogen) atoms. The van der Waals surface area contributed by atoms with Crippen molar-refractivity contribution in [2.75, 3.05) is 0 Å². The minimum absolute atomic E-state index is 0.365. The Kier molecular flexibility index (Phi) is 4.59. The van der Waals surface area contributed by atoms with Crippen molar-refractivity contribution in [1.82, 2.24) is 5.32 Å². The van der Waals surface area contributed by atoms with Gasteiger partial charge in [-0.2, -0.15) is 0 Å². The first-order valence-electron chi connectivity index (χ1n) is 7.12.